The van der Waals surface area contributed by atoms with Crippen LogP contribution in [0.3, 0.4) is 0 Å². The first-order valence-electron chi connectivity index (χ1n) is 5.17. The fourth-order valence-electron chi connectivity index (χ4n) is 1.44. The summed E-state index contributed by atoms with van der Waals surface area (Å²) in [5.74, 6) is 0. The van der Waals surface area contributed by atoms with E-state index in [9.17, 15) is 0 Å². The average molecular weight is 268 g/mol. The summed E-state index contributed by atoms with van der Waals surface area (Å²) in [7, 11) is 0. The molecule has 0 fully saturated rings. The third-order valence-corrected chi connectivity index (χ3v) is 3.14. The van der Waals surface area contributed by atoms with Crippen LogP contribution in [0, 0.1) is 0 Å². The Bertz CT molecular complexity index is 488. The van der Waals surface area contributed by atoms with E-state index in [2.05, 4.69) is 15.5 Å². The van der Waals surface area contributed by atoms with Gasteiger partial charge in [-0.1, -0.05) is 35.3 Å². The van der Waals surface area contributed by atoms with Crippen LogP contribution < -0.4 is 5.32 Å². The molecular weight excluding hydrogens is 257 g/mol. The topological polar surface area (TPSA) is 37.8 Å². The van der Waals surface area contributed by atoms with E-state index < -0.39 is 0 Å². The van der Waals surface area contributed by atoms with Crippen LogP contribution in [0.4, 0.5) is 0 Å². The van der Waals surface area contributed by atoms with Crippen molar-refractivity contribution in [3.8, 4) is 0 Å². The number of aromatic nitrogens is 2. The summed E-state index contributed by atoms with van der Waals surface area (Å²) in [6.07, 6.45) is 1.65. The molecule has 2 aromatic rings. The van der Waals surface area contributed by atoms with Gasteiger partial charge in [0.05, 0.1) is 15.7 Å². The van der Waals surface area contributed by atoms with Crippen LogP contribution in [-0.4, -0.2) is 10.2 Å². The largest absolute Gasteiger partial charge is 0.307 e. The van der Waals surface area contributed by atoms with Crippen LogP contribution in [0.2, 0.25) is 10.0 Å². The molecule has 3 nitrogen and oxygen atoms in total. The predicted octanol–water partition coefficient (Wildman–Crippen LogP) is 3.07. The highest BCUT2D eigenvalue weighted by molar-refractivity contribution is 6.42. The first kappa shape index (κ1) is 12.3. The molecule has 17 heavy (non-hydrogen) atoms. The van der Waals surface area contributed by atoms with Gasteiger partial charge < -0.3 is 5.32 Å². The molecule has 1 aromatic heterocycles. The number of hydrogen-bond acceptors (Lipinski definition) is 3. The molecule has 0 unspecified atom stereocenters. The molecule has 1 N–H and O–H groups in total. The Hall–Kier alpha value is -1.16. The molecule has 5 heteroatoms. The number of nitrogens with one attached hydrogen (secondary N) is 1. The predicted molar refractivity (Wildman–Crippen MR) is 69.0 cm³/mol. The fourth-order valence-corrected chi connectivity index (χ4v) is 1.82. The highest BCUT2D eigenvalue weighted by atomic mass is 35.5. The number of rotatable bonds is 4. The van der Waals surface area contributed by atoms with E-state index in [0.29, 0.717) is 23.1 Å². The zero-order valence-corrected chi connectivity index (χ0v) is 10.5. The third-order valence-electron chi connectivity index (χ3n) is 2.28. The Balaban J connectivity index is 1.93. The highest BCUT2D eigenvalue weighted by Gasteiger charge is 2.03. The maximum Gasteiger partial charge on any atom is 0.0769 e. The smallest absolute Gasteiger partial charge is 0.0769 e. The quantitative estimate of drug-likeness (QED) is 0.926. The minimum atomic E-state index is 0.575. The number of benzene rings is 1. The van der Waals surface area contributed by atoms with E-state index in [1.165, 1.54) is 0 Å². The number of hydrogen-bond donors (Lipinski definition) is 1. The van der Waals surface area contributed by atoms with Crippen molar-refractivity contribution >= 4 is 23.2 Å². The van der Waals surface area contributed by atoms with Crippen LogP contribution in [0.1, 0.15) is 11.3 Å². The van der Waals surface area contributed by atoms with Crippen molar-refractivity contribution in [2.24, 2.45) is 0 Å². The molecule has 0 spiro atoms. The van der Waals surface area contributed by atoms with Crippen molar-refractivity contribution < 1.29 is 0 Å². The van der Waals surface area contributed by atoms with Gasteiger partial charge in [0.2, 0.25) is 0 Å². The molecule has 0 saturated carbocycles. The van der Waals surface area contributed by atoms with Crippen molar-refractivity contribution in [1.82, 2.24) is 15.5 Å². The molecule has 0 bridgehead atoms. The van der Waals surface area contributed by atoms with Gasteiger partial charge in [0.15, 0.2) is 0 Å². The summed E-state index contributed by atoms with van der Waals surface area (Å²) in [4.78, 5) is 0. The zero-order valence-electron chi connectivity index (χ0n) is 9.03. The van der Waals surface area contributed by atoms with Gasteiger partial charge >= 0.3 is 0 Å². The van der Waals surface area contributed by atoms with E-state index in [0.717, 1.165) is 11.3 Å². The Morgan fingerprint density at radius 2 is 1.94 bits per heavy atom. The summed E-state index contributed by atoms with van der Waals surface area (Å²) in [6, 6.07) is 9.37. The first-order valence-corrected chi connectivity index (χ1v) is 5.93. The van der Waals surface area contributed by atoms with Gasteiger partial charge in [-0.2, -0.15) is 10.2 Å². The minimum absolute atomic E-state index is 0.575. The lowest BCUT2D eigenvalue weighted by atomic mass is 10.2. The lowest BCUT2D eigenvalue weighted by molar-refractivity contribution is 0.670. The summed E-state index contributed by atoms with van der Waals surface area (Å²) >= 11 is 12.0. The van der Waals surface area contributed by atoms with Gasteiger partial charge in [-0.3, -0.25) is 0 Å². The molecule has 0 amide bonds. The van der Waals surface area contributed by atoms with E-state index in [-0.39, 0.29) is 0 Å². The van der Waals surface area contributed by atoms with Crippen LogP contribution >= 0.6 is 23.2 Å². The zero-order chi connectivity index (χ0) is 12.1. The molecular formula is C12H11Cl2N3. The summed E-state index contributed by atoms with van der Waals surface area (Å²) in [6.45, 7) is 1.30. The molecule has 0 aliphatic heterocycles. The molecule has 0 atom stereocenters. The monoisotopic (exact) mass is 267 g/mol. The molecule has 1 heterocycles. The molecule has 0 saturated heterocycles. The van der Waals surface area contributed by atoms with E-state index in [4.69, 9.17) is 23.2 Å². The minimum Gasteiger partial charge on any atom is -0.307 e. The van der Waals surface area contributed by atoms with Crippen molar-refractivity contribution in [2.45, 2.75) is 13.1 Å². The van der Waals surface area contributed by atoms with Gasteiger partial charge in [-0.05, 0) is 23.8 Å². The van der Waals surface area contributed by atoms with Gasteiger partial charge in [0, 0.05) is 19.3 Å². The summed E-state index contributed by atoms with van der Waals surface area (Å²) in [5.41, 5.74) is 1.87. The van der Waals surface area contributed by atoms with Crippen molar-refractivity contribution in [1.29, 1.82) is 0 Å². The molecule has 1 aromatic carbocycles. The van der Waals surface area contributed by atoms with Crippen molar-refractivity contribution in [3.05, 3.63) is 57.8 Å². The maximum absolute atomic E-state index is 6.08. The van der Waals surface area contributed by atoms with Crippen LogP contribution in [-0.2, 0) is 13.1 Å². The standard InChI is InChI=1S/C12H11Cl2N3/c13-11-5-1-3-9(12(11)14)7-15-8-10-4-2-6-16-17-10/h1-6,15H,7-8H2. The Labute approximate surface area is 110 Å². The summed E-state index contributed by atoms with van der Waals surface area (Å²) in [5, 5.41) is 12.2. The van der Waals surface area contributed by atoms with Crippen molar-refractivity contribution in [2.75, 3.05) is 0 Å². The van der Waals surface area contributed by atoms with E-state index in [1.807, 2.05) is 24.3 Å². The lowest BCUT2D eigenvalue weighted by Crippen LogP contribution is -2.14. The second kappa shape index (κ2) is 5.96. The van der Waals surface area contributed by atoms with Crippen LogP contribution in [0.5, 0.6) is 0 Å². The maximum atomic E-state index is 6.08. The summed E-state index contributed by atoms with van der Waals surface area (Å²) < 4.78 is 0. The molecule has 0 radical (unpaired) electrons. The van der Waals surface area contributed by atoms with Gasteiger partial charge in [-0.25, -0.2) is 0 Å². The SMILES string of the molecule is Clc1cccc(CNCc2cccnn2)c1Cl. The Kier molecular flexibility index (Phi) is 4.31. The first-order chi connectivity index (χ1) is 8.27. The molecule has 0 aliphatic carbocycles. The van der Waals surface area contributed by atoms with Gasteiger partial charge in [0.1, 0.15) is 0 Å². The Morgan fingerprint density at radius 1 is 1.06 bits per heavy atom. The lowest BCUT2D eigenvalue weighted by Gasteiger charge is -2.07. The Morgan fingerprint density at radius 3 is 2.71 bits per heavy atom. The molecule has 88 valence electrons. The number of halogens is 2. The highest BCUT2D eigenvalue weighted by Crippen LogP contribution is 2.25. The second-order valence-electron chi connectivity index (χ2n) is 3.53. The second-order valence-corrected chi connectivity index (χ2v) is 4.32. The van der Waals surface area contributed by atoms with E-state index >= 15 is 0 Å². The average Bonchev–Trinajstić information content (AvgIpc) is 2.36. The molecule has 2 rings (SSSR count). The normalized spacial score (nSPS) is 10.5. The third kappa shape index (κ3) is 3.40. The van der Waals surface area contributed by atoms with Crippen molar-refractivity contribution in [3.63, 3.8) is 0 Å². The van der Waals surface area contributed by atoms with E-state index in [1.54, 1.807) is 12.3 Å². The van der Waals surface area contributed by atoms with Gasteiger partial charge in [-0.15, -0.1) is 0 Å². The number of nitrogens with zero attached hydrogens (tertiary/aromatic N) is 2. The van der Waals surface area contributed by atoms with Crippen LogP contribution in [0.15, 0.2) is 36.5 Å². The van der Waals surface area contributed by atoms with Crippen LogP contribution in [0.25, 0.3) is 0 Å². The van der Waals surface area contributed by atoms with Gasteiger partial charge in [0.25, 0.3) is 0 Å². The fraction of sp³-hybridized carbons (Fsp3) is 0.167. The molecule has 0 aliphatic rings.